The van der Waals surface area contributed by atoms with E-state index in [1.807, 2.05) is 18.5 Å². The Hall–Kier alpha value is -0.790. The zero-order valence-electron chi connectivity index (χ0n) is 5.45. The van der Waals surface area contributed by atoms with E-state index in [0.29, 0.717) is 0 Å². The quantitative estimate of drug-likeness (QED) is 0.365. The molecule has 0 bridgehead atoms. The fourth-order valence-corrected chi connectivity index (χ4v) is 0.594. The van der Waals surface area contributed by atoms with Crippen LogP contribution in [0, 0.1) is 20.2 Å². The monoisotopic (exact) mass is 110 g/mol. The molecular weight excluding hydrogens is 100 g/mol. The van der Waals surface area contributed by atoms with Crippen LogP contribution >= 0.6 is 0 Å². The molecule has 0 fully saturated rings. The molecule has 0 aliphatic carbocycles. The Kier molecular flexibility index (Phi) is 1.08. The lowest BCUT2D eigenvalue weighted by Crippen LogP contribution is -2.28. The van der Waals surface area contributed by atoms with Gasteiger partial charge in [0.2, 0.25) is 6.33 Å². The minimum absolute atomic E-state index is 1.19. The Bertz CT molecular complexity index is 169. The first-order chi connectivity index (χ1) is 3.72. The van der Waals surface area contributed by atoms with Gasteiger partial charge in [-0.15, -0.1) is 0 Å². The van der Waals surface area contributed by atoms with Crippen molar-refractivity contribution in [2.75, 3.05) is 0 Å². The van der Waals surface area contributed by atoms with Crippen molar-refractivity contribution < 1.29 is 4.57 Å². The van der Waals surface area contributed by atoms with Crippen molar-refractivity contribution in [3.05, 3.63) is 17.7 Å². The largest absolute Gasteiger partial charge is 0.361 e. The molecule has 1 rings (SSSR count). The Morgan fingerprint density at radius 3 is 2.25 bits per heavy atom. The number of nitrogens with zero attached hydrogens (tertiary/aromatic N) is 1. The first-order valence-corrected chi connectivity index (χ1v) is 2.64. The van der Waals surface area contributed by atoms with Crippen molar-refractivity contribution in [3.8, 4) is 0 Å². The van der Waals surface area contributed by atoms with Crippen LogP contribution in [0.1, 0.15) is 11.4 Å². The molecule has 0 radical (unpaired) electrons. The maximum absolute atomic E-state index is 2.97. The topological polar surface area (TPSA) is 19.7 Å². The third-order valence-corrected chi connectivity index (χ3v) is 1.46. The summed E-state index contributed by atoms with van der Waals surface area (Å²) in [7, 11) is 1.97. The van der Waals surface area contributed by atoms with Gasteiger partial charge in [-0.2, -0.15) is 0 Å². The van der Waals surface area contributed by atoms with E-state index in [9.17, 15) is 0 Å². The van der Waals surface area contributed by atoms with Crippen molar-refractivity contribution in [2.45, 2.75) is 13.8 Å². The second-order valence-corrected chi connectivity index (χ2v) is 2.01. The number of imidazole rings is 1. The summed E-state index contributed by atoms with van der Waals surface area (Å²) in [5.41, 5.74) is 2.43. The molecule has 1 N–H and O–H groups in total. The summed E-state index contributed by atoms with van der Waals surface area (Å²) >= 11 is 0. The Morgan fingerprint density at radius 1 is 1.50 bits per heavy atom. The molecule has 0 aliphatic heterocycles. The molecule has 44 valence electrons. The summed E-state index contributed by atoms with van der Waals surface area (Å²) < 4.78 is 1.94. The molecule has 0 unspecified atom stereocenters. The summed E-state index contributed by atoms with van der Waals surface area (Å²) in [6.45, 7) is 4.09. The molecule has 2 heteroatoms. The van der Waals surface area contributed by atoms with Gasteiger partial charge in [0.1, 0.15) is 0 Å². The van der Waals surface area contributed by atoms with E-state index in [4.69, 9.17) is 0 Å². The lowest BCUT2D eigenvalue weighted by Gasteiger charge is -1.93. The molecule has 0 atom stereocenters. The fourth-order valence-electron chi connectivity index (χ4n) is 0.594. The maximum atomic E-state index is 2.97. The van der Waals surface area contributed by atoms with E-state index in [1.54, 1.807) is 0 Å². The number of aromatic amines is 1. The number of aryl methyl sites for hydroxylation is 2. The first-order valence-electron chi connectivity index (χ1n) is 2.64. The number of hydrogen-bond acceptors (Lipinski definition) is 0. The SMILES string of the molecule is Cc1[nH][c-][n+](C)c1C. The highest BCUT2D eigenvalue weighted by atomic mass is 15.0. The van der Waals surface area contributed by atoms with Crippen LogP contribution < -0.4 is 4.57 Å². The average molecular weight is 110 g/mol. The minimum Gasteiger partial charge on any atom is -0.361 e. The van der Waals surface area contributed by atoms with Crippen LogP contribution in [0.3, 0.4) is 0 Å². The predicted molar refractivity (Wildman–Crippen MR) is 30.3 cm³/mol. The van der Waals surface area contributed by atoms with E-state index in [1.165, 1.54) is 11.4 Å². The summed E-state index contributed by atoms with van der Waals surface area (Å²) in [6.07, 6.45) is 2.93. The normalized spacial score (nSPS) is 9.88. The summed E-state index contributed by atoms with van der Waals surface area (Å²) in [4.78, 5) is 2.97. The predicted octanol–water partition coefficient (Wildman–Crippen LogP) is 0.256. The summed E-state index contributed by atoms with van der Waals surface area (Å²) in [5.74, 6) is 0. The molecule has 0 amide bonds. The van der Waals surface area contributed by atoms with Crippen LogP contribution in [0.15, 0.2) is 0 Å². The lowest BCUT2D eigenvalue weighted by molar-refractivity contribution is -0.680. The number of nitrogens with one attached hydrogen (secondary N) is 1. The van der Waals surface area contributed by atoms with E-state index >= 15 is 0 Å². The molecule has 1 heterocycles. The van der Waals surface area contributed by atoms with Crippen molar-refractivity contribution in [2.24, 2.45) is 7.05 Å². The smallest absolute Gasteiger partial charge is 0.201 e. The zero-order valence-corrected chi connectivity index (χ0v) is 5.45. The Balaban J connectivity index is 3.19. The van der Waals surface area contributed by atoms with Crippen LogP contribution in [0.4, 0.5) is 0 Å². The van der Waals surface area contributed by atoms with Crippen LogP contribution in [0.5, 0.6) is 0 Å². The second-order valence-electron chi connectivity index (χ2n) is 2.01. The molecule has 1 aromatic rings. The Morgan fingerprint density at radius 2 is 2.12 bits per heavy atom. The molecule has 0 aliphatic rings. The van der Waals surface area contributed by atoms with E-state index in [0.717, 1.165) is 0 Å². The van der Waals surface area contributed by atoms with Crippen LogP contribution in [0.2, 0.25) is 0 Å². The highest BCUT2D eigenvalue weighted by Crippen LogP contribution is 1.91. The number of H-pyrrole nitrogens is 1. The molecule has 0 saturated heterocycles. The third-order valence-electron chi connectivity index (χ3n) is 1.46. The van der Waals surface area contributed by atoms with Gasteiger partial charge < -0.3 is 9.55 Å². The fraction of sp³-hybridized carbons (Fsp3) is 0.500. The molecule has 1 aromatic heterocycles. The van der Waals surface area contributed by atoms with Gasteiger partial charge in [-0.25, -0.2) is 0 Å². The van der Waals surface area contributed by atoms with Crippen molar-refractivity contribution >= 4 is 0 Å². The van der Waals surface area contributed by atoms with Gasteiger partial charge in [0.25, 0.3) is 0 Å². The molecule has 8 heavy (non-hydrogen) atoms. The zero-order chi connectivity index (χ0) is 6.15. The maximum Gasteiger partial charge on any atom is 0.201 e. The molecule has 0 aromatic carbocycles. The van der Waals surface area contributed by atoms with Crippen LogP contribution in [0.25, 0.3) is 0 Å². The third kappa shape index (κ3) is 0.619. The number of hydrogen-bond donors (Lipinski definition) is 1. The van der Waals surface area contributed by atoms with Crippen molar-refractivity contribution in [1.29, 1.82) is 0 Å². The van der Waals surface area contributed by atoms with E-state index in [2.05, 4.69) is 18.2 Å². The standard InChI is InChI=1S/C6H10N2/c1-5-6(2)8(3)4-7-5/h7H,1-3H3. The summed E-state index contributed by atoms with van der Waals surface area (Å²) in [6, 6.07) is 0. The van der Waals surface area contributed by atoms with E-state index < -0.39 is 0 Å². The van der Waals surface area contributed by atoms with Gasteiger partial charge in [0.05, 0.1) is 7.05 Å². The van der Waals surface area contributed by atoms with Gasteiger partial charge in [0.15, 0.2) is 0 Å². The van der Waals surface area contributed by atoms with Gasteiger partial charge in [-0.1, -0.05) is 13.8 Å². The highest BCUT2D eigenvalue weighted by molar-refractivity contribution is 4.98. The van der Waals surface area contributed by atoms with Crippen LogP contribution in [-0.4, -0.2) is 4.98 Å². The van der Waals surface area contributed by atoms with Crippen LogP contribution in [-0.2, 0) is 7.05 Å². The first kappa shape index (κ1) is 5.35. The minimum atomic E-state index is 1.19. The van der Waals surface area contributed by atoms with Gasteiger partial charge in [0, 0.05) is 0 Å². The summed E-state index contributed by atoms with van der Waals surface area (Å²) in [5, 5.41) is 0. The molecular formula is C6H10N2. The Labute approximate surface area is 49.2 Å². The average Bonchev–Trinajstić information content (AvgIpc) is 1.98. The number of aromatic nitrogens is 2. The molecule has 0 saturated carbocycles. The molecule has 0 spiro atoms. The van der Waals surface area contributed by atoms with Crippen molar-refractivity contribution in [3.63, 3.8) is 0 Å². The number of rotatable bonds is 0. The second kappa shape index (κ2) is 1.62. The van der Waals surface area contributed by atoms with Gasteiger partial charge in [-0.05, 0) is 11.4 Å². The van der Waals surface area contributed by atoms with Crippen molar-refractivity contribution in [1.82, 2.24) is 4.98 Å². The van der Waals surface area contributed by atoms with Gasteiger partial charge >= 0.3 is 0 Å². The molecule has 2 nitrogen and oxygen atoms in total. The lowest BCUT2D eigenvalue weighted by atomic mass is 10.4. The highest BCUT2D eigenvalue weighted by Gasteiger charge is 1.90. The van der Waals surface area contributed by atoms with Gasteiger partial charge in [-0.3, -0.25) is 0 Å². The van der Waals surface area contributed by atoms with E-state index in [-0.39, 0.29) is 0 Å².